The first-order valence-corrected chi connectivity index (χ1v) is 7.45. The predicted molar refractivity (Wildman–Crippen MR) is 77.9 cm³/mol. The van der Waals surface area contributed by atoms with E-state index in [4.69, 9.17) is 4.74 Å². The topological polar surface area (TPSA) is 24.5 Å². The van der Waals surface area contributed by atoms with Gasteiger partial charge in [-0.3, -0.25) is 4.90 Å². The van der Waals surface area contributed by atoms with E-state index in [0.717, 1.165) is 13.1 Å². The minimum Gasteiger partial charge on any atom is -0.380 e. The highest BCUT2D eigenvalue weighted by Gasteiger charge is 2.30. The summed E-state index contributed by atoms with van der Waals surface area (Å²) in [6.07, 6.45) is 1.67. The third-order valence-electron chi connectivity index (χ3n) is 4.47. The highest BCUT2D eigenvalue weighted by molar-refractivity contribution is 4.84. The molecule has 0 aliphatic carbocycles. The number of methoxy groups -OCH3 is 1. The molecule has 4 unspecified atom stereocenters. The molecule has 1 fully saturated rings. The van der Waals surface area contributed by atoms with Crippen LogP contribution in [0.3, 0.4) is 0 Å². The Balaban J connectivity index is 2.43. The molecule has 0 aromatic carbocycles. The Morgan fingerprint density at radius 1 is 1.28 bits per heavy atom. The molecular formula is C15H32N2O. The first-order valence-electron chi connectivity index (χ1n) is 7.45. The average molecular weight is 256 g/mol. The van der Waals surface area contributed by atoms with E-state index >= 15 is 0 Å². The van der Waals surface area contributed by atoms with E-state index in [1.54, 1.807) is 0 Å². The number of likely N-dealkylation sites (tertiary alicyclic amines) is 1. The van der Waals surface area contributed by atoms with Crippen molar-refractivity contribution in [2.75, 3.05) is 26.7 Å². The van der Waals surface area contributed by atoms with Crippen molar-refractivity contribution in [3.05, 3.63) is 0 Å². The lowest BCUT2D eigenvalue weighted by Gasteiger charge is -2.41. The fourth-order valence-electron chi connectivity index (χ4n) is 2.69. The average Bonchev–Trinajstić information content (AvgIpc) is 2.35. The molecule has 1 aliphatic rings. The van der Waals surface area contributed by atoms with Gasteiger partial charge in [0.1, 0.15) is 0 Å². The van der Waals surface area contributed by atoms with E-state index in [-0.39, 0.29) is 0 Å². The molecule has 0 radical (unpaired) electrons. The second kappa shape index (κ2) is 7.46. The first kappa shape index (κ1) is 15.9. The molecule has 3 heteroatoms. The molecule has 18 heavy (non-hydrogen) atoms. The lowest BCUT2D eigenvalue weighted by atomic mass is 9.92. The van der Waals surface area contributed by atoms with Crippen molar-refractivity contribution in [2.24, 2.45) is 11.8 Å². The molecule has 4 atom stereocenters. The minimum absolute atomic E-state index is 0.409. The van der Waals surface area contributed by atoms with Crippen LogP contribution < -0.4 is 5.32 Å². The summed E-state index contributed by atoms with van der Waals surface area (Å²) in [6, 6.07) is 1.20. The monoisotopic (exact) mass is 256 g/mol. The molecule has 3 nitrogen and oxygen atoms in total. The molecule has 108 valence electrons. The van der Waals surface area contributed by atoms with E-state index < -0.39 is 0 Å². The summed E-state index contributed by atoms with van der Waals surface area (Å²) in [5.41, 5.74) is 0. The van der Waals surface area contributed by atoms with Crippen LogP contribution in [0.4, 0.5) is 0 Å². The lowest BCUT2D eigenvalue weighted by molar-refractivity contribution is -0.0238. The Morgan fingerprint density at radius 3 is 2.50 bits per heavy atom. The summed E-state index contributed by atoms with van der Waals surface area (Å²) >= 11 is 0. The summed E-state index contributed by atoms with van der Waals surface area (Å²) in [6.45, 7) is 14.8. The minimum atomic E-state index is 0.409. The fourth-order valence-corrected chi connectivity index (χ4v) is 2.69. The zero-order valence-electron chi connectivity index (χ0n) is 13.1. The molecule has 0 aromatic rings. The SMILES string of the molecule is COC1CN(C(C)C(C)CNC(C)C)CCC1C. The van der Waals surface area contributed by atoms with Gasteiger partial charge < -0.3 is 10.1 Å². The van der Waals surface area contributed by atoms with Crippen LogP contribution in [-0.4, -0.2) is 49.8 Å². The normalized spacial score (nSPS) is 29.5. The maximum absolute atomic E-state index is 5.60. The molecule has 1 heterocycles. The van der Waals surface area contributed by atoms with Crippen molar-refractivity contribution in [3.8, 4) is 0 Å². The Bertz CT molecular complexity index is 233. The summed E-state index contributed by atoms with van der Waals surface area (Å²) < 4.78 is 5.60. The van der Waals surface area contributed by atoms with Gasteiger partial charge in [0.05, 0.1) is 6.10 Å². The van der Waals surface area contributed by atoms with Crippen LogP contribution in [0.25, 0.3) is 0 Å². The van der Waals surface area contributed by atoms with E-state index in [1.807, 2.05) is 7.11 Å². The quantitative estimate of drug-likeness (QED) is 0.789. The van der Waals surface area contributed by atoms with Crippen LogP contribution in [0.15, 0.2) is 0 Å². The highest BCUT2D eigenvalue weighted by Crippen LogP contribution is 2.23. The molecule has 1 rings (SSSR count). The van der Waals surface area contributed by atoms with Gasteiger partial charge in [0.15, 0.2) is 0 Å². The van der Waals surface area contributed by atoms with Crippen molar-refractivity contribution in [1.82, 2.24) is 10.2 Å². The van der Waals surface area contributed by atoms with Gasteiger partial charge in [0.2, 0.25) is 0 Å². The van der Waals surface area contributed by atoms with Gasteiger partial charge >= 0.3 is 0 Å². The summed E-state index contributed by atoms with van der Waals surface area (Å²) in [4.78, 5) is 2.60. The van der Waals surface area contributed by atoms with E-state index in [1.165, 1.54) is 13.0 Å². The number of rotatable bonds is 6. The van der Waals surface area contributed by atoms with Crippen molar-refractivity contribution >= 4 is 0 Å². The van der Waals surface area contributed by atoms with Gasteiger partial charge in [-0.2, -0.15) is 0 Å². The molecule has 1 N–H and O–H groups in total. The van der Waals surface area contributed by atoms with Crippen LogP contribution in [-0.2, 0) is 4.74 Å². The maximum atomic E-state index is 5.60. The van der Waals surface area contributed by atoms with Crippen molar-refractivity contribution in [1.29, 1.82) is 0 Å². The van der Waals surface area contributed by atoms with Gasteiger partial charge in [0, 0.05) is 25.7 Å². The Hall–Kier alpha value is -0.120. The third-order valence-corrected chi connectivity index (χ3v) is 4.47. The number of hydrogen-bond acceptors (Lipinski definition) is 3. The molecular weight excluding hydrogens is 224 g/mol. The number of piperidine rings is 1. The summed E-state index contributed by atoms with van der Waals surface area (Å²) in [5.74, 6) is 1.38. The largest absolute Gasteiger partial charge is 0.380 e. The Labute approximate surface area is 113 Å². The predicted octanol–water partition coefficient (Wildman–Crippen LogP) is 2.37. The van der Waals surface area contributed by atoms with Crippen LogP contribution >= 0.6 is 0 Å². The van der Waals surface area contributed by atoms with Gasteiger partial charge in [-0.25, -0.2) is 0 Å². The zero-order valence-corrected chi connectivity index (χ0v) is 13.1. The molecule has 0 spiro atoms. The van der Waals surface area contributed by atoms with Crippen LogP contribution in [0.5, 0.6) is 0 Å². The second-order valence-corrected chi connectivity index (χ2v) is 6.32. The van der Waals surface area contributed by atoms with Crippen LogP contribution in [0.1, 0.15) is 41.0 Å². The van der Waals surface area contributed by atoms with E-state index in [2.05, 4.69) is 44.8 Å². The fraction of sp³-hybridized carbons (Fsp3) is 1.00. The molecule has 0 saturated carbocycles. The lowest BCUT2D eigenvalue weighted by Crippen LogP contribution is -2.50. The number of nitrogens with zero attached hydrogens (tertiary/aromatic N) is 1. The second-order valence-electron chi connectivity index (χ2n) is 6.32. The van der Waals surface area contributed by atoms with Crippen LogP contribution in [0.2, 0.25) is 0 Å². The zero-order chi connectivity index (χ0) is 13.7. The molecule has 1 aliphatic heterocycles. The van der Waals surface area contributed by atoms with E-state index in [9.17, 15) is 0 Å². The van der Waals surface area contributed by atoms with Gasteiger partial charge in [-0.05, 0) is 38.3 Å². The summed E-state index contributed by atoms with van der Waals surface area (Å²) in [5, 5.41) is 3.54. The Kier molecular flexibility index (Phi) is 6.61. The highest BCUT2D eigenvalue weighted by atomic mass is 16.5. The first-order chi connectivity index (χ1) is 8.45. The molecule has 1 saturated heterocycles. The molecule has 0 amide bonds. The van der Waals surface area contributed by atoms with Crippen molar-refractivity contribution in [3.63, 3.8) is 0 Å². The van der Waals surface area contributed by atoms with Crippen LogP contribution in [0, 0.1) is 11.8 Å². The van der Waals surface area contributed by atoms with E-state index in [0.29, 0.717) is 30.0 Å². The Morgan fingerprint density at radius 2 is 1.94 bits per heavy atom. The maximum Gasteiger partial charge on any atom is 0.0724 e. The summed E-state index contributed by atoms with van der Waals surface area (Å²) in [7, 11) is 1.85. The van der Waals surface area contributed by atoms with Gasteiger partial charge in [0.25, 0.3) is 0 Å². The van der Waals surface area contributed by atoms with Crippen molar-refractivity contribution < 1.29 is 4.74 Å². The molecule has 0 aromatic heterocycles. The smallest absolute Gasteiger partial charge is 0.0724 e. The number of hydrogen-bond donors (Lipinski definition) is 1. The molecule has 0 bridgehead atoms. The standard InChI is InChI=1S/C15H32N2O/c1-11(2)16-9-13(4)14(5)17-8-7-12(3)15(10-17)18-6/h11-16H,7-10H2,1-6H3. The number of nitrogens with one attached hydrogen (secondary N) is 1. The van der Waals surface area contributed by atoms with Gasteiger partial charge in [-0.15, -0.1) is 0 Å². The number of ether oxygens (including phenoxy) is 1. The third kappa shape index (κ3) is 4.52. The van der Waals surface area contributed by atoms with Crippen molar-refractivity contribution in [2.45, 2.75) is 59.2 Å². The van der Waals surface area contributed by atoms with Gasteiger partial charge in [-0.1, -0.05) is 27.7 Å².